The summed E-state index contributed by atoms with van der Waals surface area (Å²) in [6.45, 7) is 5.52. The number of aryl methyl sites for hydroxylation is 3. The van der Waals surface area contributed by atoms with E-state index in [0.717, 1.165) is 16.9 Å². The number of halogens is 1. The van der Waals surface area contributed by atoms with Crippen LogP contribution in [0.1, 0.15) is 34.1 Å². The van der Waals surface area contributed by atoms with E-state index in [1.165, 1.54) is 0 Å². The van der Waals surface area contributed by atoms with Crippen LogP contribution in [-0.2, 0) is 0 Å². The highest BCUT2D eigenvalue weighted by Gasteiger charge is 2.18. The van der Waals surface area contributed by atoms with Gasteiger partial charge in [0, 0.05) is 5.56 Å². The van der Waals surface area contributed by atoms with Gasteiger partial charge in [-0.15, -0.1) is 0 Å². The van der Waals surface area contributed by atoms with Crippen molar-refractivity contribution in [2.24, 2.45) is 0 Å². The summed E-state index contributed by atoms with van der Waals surface area (Å²) in [5.41, 5.74) is 3.49. The molecule has 2 rings (SSSR count). The van der Waals surface area contributed by atoms with E-state index in [1.807, 2.05) is 32.2 Å². The molecule has 0 saturated carbocycles. The predicted molar refractivity (Wildman–Crippen MR) is 70.2 cm³/mol. The molecule has 0 aliphatic rings. The van der Waals surface area contributed by atoms with E-state index in [9.17, 15) is 4.39 Å². The monoisotopic (exact) mass is 247 g/mol. The van der Waals surface area contributed by atoms with Crippen molar-refractivity contribution >= 4 is 0 Å². The molecule has 0 saturated heterocycles. The van der Waals surface area contributed by atoms with E-state index < -0.39 is 0 Å². The third-order valence-corrected chi connectivity index (χ3v) is 3.29. The van der Waals surface area contributed by atoms with Crippen LogP contribution in [0.5, 0.6) is 0 Å². The van der Waals surface area contributed by atoms with Gasteiger partial charge >= 0.3 is 0 Å². The van der Waals surface area contributed by atoms with E-state index in [1.54, 1.807) is 20.1 Å². The van der Waals surface area contributed by atoms with Crippen LogP contribution in [-0.4, -0.2) is 7.05 Å². The first-order chi connectivity index (χ1) is 8.54. The Kier molecular flexibility index (Phi) is 3.53. The van der Waals surface area contributed by atoms with Crippen molar-refractivity contribution in [2.75, 3.05) is 7.05 Å². The quantitative estimate of drug-likeness (QED) is 0.895. The highest BCUT2D eigenvalue weighted by atomic mass is 19.1. The molecule has 0 fully saturated rings. The Labute approximate surface area is 107 Å². The summed E-state index contributed by atoms with van der Waals surface area (Å²) in [7, 11) is 1.89. The fraction of sp³-hybridized carbons (Fsp3) is 0.333. The number of rotatable bonds is 3. The minimum absolute atomic E-state index is 0.0294. The SMILES string of the molecule is CNC(c1cc(C)c(F)c(C)c1)c1ccoc1C. The zero-order chi connectivity index (χ0) is 13.3. The molecule has 0 radical (unpaired) electrons. The van der Waals surface area contributed by atoms with E-state index >= 15 is 0 Å². The highest BCUT2D eigenvalue weighted by molar-refractivity contribution is 5.38. The van der Waals surface area contributed by atoms with Gasteiger partial charge < -0.3 is 9.73 Å². The van der Waals surface area contributed by atoms with Gasteiger partial charge in [0.15, 0.2) is 0 Å². The minimum Gasteiger partial charge on any atom is -0.469 e. The Balaban J connectivity index is 2.49. The lowest BCUT2D eigenvalue weighted by Gasteiger charge is -2.18. The zero-order valence-electron chi connectivity index (χ0n) is 11.2. The lowest BCUT2D eigenvalue weighted by molar-refractivity contribution is 0.523. The van der Waals surface area contributed by atoms with Crippen molar-refractivity contribution in [1.29, 1.82) is 0 Å². The number of hydrogen-bond acceptors (Lipinski definition) is 2. The molecule has 0 bridgehead atoms. The Morgan fingerprint density at radius 1 is 1.17 bits per heavy atom. The second-order valence-electron chi connectivity index (χ2n) is 4.62. The van der Waals surface area contributed by atoms with Gasteiger partial charge in [-0.25, -0.2) is 4.39 Å². The number of hydrogen-bond donors (Lipinski definition) is 1. The van der Waals surface area contributed by atoms with Crippen molar-refractivity contribution < 1.29 is 8.81 Å². The van der Waals surface area contributed by atoms with Gasteiger partial charge in [-0.05, 0) is 50.6 Å². The summed E-state index contributed by atoms with van der Waals surface area (Å²) in [5.74, 6) is 0.756. The lowest BCUT2D eigenvalue weighted by atomic mass is 9.96. The van der Waals surface area contributed by atoms with Crippen molar-refractivity contribution in [3.8, 4) is 0 Å². The fourth-order valence-electron chi connectivity index (χ4n) is 2.34. The maximum atomic E-state index is 13.7. The first-order valence-electron chi connectivity index (χ1n) is 6.02. The van der Waals surface area contributed by atoms with Gasteiger partial charge in [0.2, 0.25) is 0 Å². The predicted octanol–water partition coefficient (Wildman–Crippen LogP) is 3.65. The molecule has 1 atom stereocenters. The van der Waals surface area contributed by atoms with Crippen LogP contribution in [0.15, 0.2) is 28.9 Å². The minimum atomic E-state index is -0.127. The molecular formula is C15H18FNO. The highest BCUT2D eigenvalue weighted by Crippen LogP contribution is 2.27. The lowest BCUT2D eigenvalue weighted by Crippen LogP contribution is -2.18. The molecule has 3 heteroatoms. The molecule has 96 valence electrons. The van der Waals surface area contributed by atoms with Crippen LogP contribution in [0.3, 0.4) is 0 Å². The van der Waals surface area contributed by atoms with Crippen molar-refractivity contribution in [3.63, 3.8) is 0 Å². The van der Waals surface area contributed by atoms with Gasteiger partial charge in [-0.1, -0.05) is 12.1 Å². The summed E-state index contributed by atoms with van der Waals surface area (Å²) in [6, 6.07) is 5.75. The van der Waals surface area contributed by atoms with Crippen LogP contribution in [0.25, 0.3) is 0 Å². The molecule has 1 N–H and O–H groups in total. The second kappa shape index (κ2) is 4.94. The Morgan fingerprint density at radius 3 is 2.22 bits per heavy atom. The van der Waals surface area contributed by atoms with Crippen LogP contribution >= 0.6 is 0 Å². The topological polar surface area (TPSA) is 25.2 Å². The molecule has 0 aliphatic carbocycles. The van der Waals surface area contributed by atoms with E-state index in [-0.39, 0.29) is 11.9 Å². The molecule has 0 amide bonds. The fourth-order valence-corrected chi connectivity index (χ4v) is 2.34. The summed E-state index contributed by atoms with van der Waals surface area (Å²) < 4.78 is 19.0. The van der Waals surface area contributed by atoms with Crippen LogP contribution in [0.2, 0.25) is 0 Å². The maximum Gasteiger partial charge on any atom is 0.129 e. The zero-order valence-corrected chi connectivity index (χ0v) is 11.2. The first-order valence-corrected chi connectivity index (χ1v) is 6.02. The molecule has 2 nitrogen and oxygen atoms in total. The normalized spacial score (nSPS) is 12.7. The number of nitrogens with one attached hydrogen (secondary N) is 1. The van der Waals surface area contributed by atoms with Crippen molar-refractivity contribution in [2.45, 2.75) is 26.8 Å². The Hall–Kier alpha value is -1.61. The summed E-state index contributed by atoms with van der Waals surface area (Å²) >= 11 is 0. The summed E-state index contributed by atoms with van der Waals surface area (Å²) in [4.78, 5) is 0. The molecular weight excluding hydrogens is 229 g/mol. The number of furan rings is 1. The molecule has 2 aromatic rings. The van der Waals surface area contributed by atoms with Gasteiger partial charge in [-0.3, -0.25) is 0 Å². The molecule has 1 heterocycles. The summed E-state index contributed by atoms with van der Waals surface area (Å²) in [6.07, 6.45) is 1.68. The first kappa shape index (κ1) is 12.8. The standard InChI is InChI=1S/C15H18FNO/c1-9-7-12(8-10(2)14(9)16)15(17-4)13-5-6-18-11(13)3/h5-8,15,17H,1-4H3. The largest absolute Gasteiger partial charge is 0.469 e. The molecule has 1 unspecified atom stereocenters. The van der Waals surface area contributed by atoms with Gasteiger partial charge in [0.05, 0.1) is 12.3 Å². The second-order valence-corrected chi connectivity index (χ2v) is 4.62. The average Bonchev–Trinajstić information content (AvgIpc) is 2.74. The van der Waals surface area contributed by atoms with E-state index in [4.69, 9.17) is 4.42 Å². The molecule has 1 aromatic carbocycles. The van der Waals surface area contributed by atoms with Crippen LogP contribution < -0.4 is 5.32 Å². The van der Waals surface area contributed by atoms with E-state index in [0.29, 0.717) is 11.1 Å². The third kappa shape index (κ3) is 2.18. The smallest absolute Gasteiger partial charge is 0.129 e. The molecule has 1 aromatic heterocycles. The summed E-state index contributed by atoms with van der Waals surface area (Å²) in [5, 5.41) is 3.25. The van der Waals surface area contributed by atoms with Gasteiger partial charge in [-0.2, -0.15) is 0 Å². The third-order valence-electron chi connectivity index (χ3n) is 3.29. The van der Waals surface area contributed by atoms with Crippen molar-refractivity contribution in [1.82, 2.24) is 5.32 Å². The average molecular weight is 247 g/mol. The molecule has 0 spiro atoms. The van der Waals surface area contributed by atoms with E-state index in [2.05, 4.69) is 5.32 Å². The van der Waals surface area contributed by atoms with Crippen molar-refractivity contribution in [3.05, 3.63) is 58.3 Å². The Bertz CT molecular complexity index is 536. The van der Waals surface area contributed by atoms with Crippen LogP contribution in [0, 0.1) is 26.6 Å². The molecule has 18 heavy (non-hydrogen) atoms. The van der Waals surface area contributed by atoms with Gasteiger partial charge in [0.25, 0.3) is 0 Å². The molecule has 0 aliphatic heterocycles. The van der Waals surface area contributed by atoms with Crippen LogP contribution in [0.4, 0.5) is 4.39 Å². The van der Waals surface area contributed by atoms with Gasteiger partial charge in [0.1, 0.15) is 11.6 Å². The maximum absolute atomic E-state index is 13.7. The Morgan fingerprint density at radius 2 is 1.78 bits per heavy atom. The number of benzene rings is 1.